The van der Waals surface area contributed by atoms with Gasteiger partial charge in [0.05, 0.1) is 19.8 Å². The summed E-state index contributed by atoms with van der Waals surface area (Å²) in [6.45, 7) is 2.70. The lowest BCUT2D eigenvalue weighted by molar-refractivity contribution is 0.0953. The molecule has 0 saturated heterocycles. The van der Waals surface area contributed by atoms with Crippen molar-refractivity contribution in [2.75, 3.05) is 40.5 Å². The molecule has 134 valence electrons. The first kappa shape index (κ1) is 18.5. The summed E-state index contributed by atoms with van der Waals surface area (Å²) < 4.78 is 16.3. The molecule has 1 saturated carbocycles. The zero-order valence-corrected chi connectivity index (χ0v) is 14.6. The summed E-state index contributed by atoms with van der Waals surface area (Å²) in [6, 6.07) is 5.33. The Morgan fingerprint density at radius 2 is 1.92 bits per heavy atom. The zero-order valence-electron chi connectivity index (χ0n) is 14.6. The zero-order chi connectivity index (χ0) is 17.2. The fourth-order valence-corrected chi connectivity index (χ4v) is 2.76. The van der Waals surface area contributed by atoms with Crippen molar-refractivity contribution >= 4 is 5.91 Å². The van der Waals surface area contributed by atoms with Crippen molar-refractivity contribution in [3.8, 4) is 11.5 Å². The van der Waals surface area contributed by atoms with Gasteiger partial charge < -0.3 is 24.8 Å². The van der Waals surface area contributed by atoms with Crippen LogP contribution in [0.1, 0.15) is 36.0 Å². The van der Waals surface area contributed by atoms with Gasteiger partial charge in [-0.15, -0.1) is 0 Å². The van der Waals surface area contributed by atoms with Crippen molar-refractivity contribution in [3.63, 3.8) is 0 Å². The Morgan fingerprint density at radius 1 is 1.12 bits per heavy atom. The fraction of sp³-hybridized carbons (Fsp3) is 0.611. The van der Waals surface area contributed by atoms with Gasteiger partial charge in [0.2, 0.25) is 0 Å². The maximum Gasteiger partial charge on any atom is 0.251 e. The summed E-state index contributed by atoms with van der Waals surface area (Å²) in [5.74, 6) is 1.20. The lowest BCUT2D eigenvalue weighted by atomic mass is 10.2. The molecule has 1 aromatic rings. The fourth-order valence-electron chi connectivity index (χ4n) is 2.76. The largest absolute Gasteiger partial charge is 0.493 e. The van der Waals surface area contributed by atoms with Gasteiger partial charge in [0.25, 0.3) is 5.91 Å². The van der Waals surface area contributed by atoms with Crippen LogP contribution in [0.25, 0.3) is 0 Å². The van der Waals surface area contributed by atoms with Gasteiger partial charge >= 0.3 is 0 Å². The van der Waals surface area contributed by atoms with Gasteiger partial charge in [0.1, 0.15) is 0 Å². The molecule has 0 aromatic heterocycles. The Bertz CT molecular complexity index is 516. The predicted octanol–water partition coefficient (Wildman–Crippen LogP) is 1.98. The van der Waals surface area contributed by atoms with Crippen LogP contribution in [0.4, 0.5) is 0 Å². The van der Waals surface area contributed by atoms with Crippen molar-refractivity contribution in [2.24, 2.45) is 0 Å². The van der Waals surface area contributed by atoms with Gasteiger partial charge in [-0.1, -0.05) is 0 Å². The van der Waals surface area contributed by atoms with Crippen LogP contribution in [0.3, 0.4) is 0 Å². The first-order valence-corrected chi connectivity index (χ1v) is 8.57. The molecule has 0 bridgehead atoms. The second-order valence-electron chi connectivity index (χ2n) is 5.89. The molecule has 1 fully saturated rings. The second kappa shape index (κ2) is 10.2. The number of hydrogen-bond donors (Lipinski definition) is 2. The van der Waals surface area contributed by atoms with Crippen molar-refractivity contribution in [1.29, 1.82) is 0 Å². The third-order valence-corrected chi connectivity index (χ3v) is 4.09. The summed E-state index contributed by atoms with van der Waals surface area (Å²) in [6.07, 6.45) is 4.86. The molecule has 1 aromatic carbocycles. The monoisotopic (exact) mass is 336 g/mol. The number of carbonyl (C=O) groups excluding carboxylic acids is 1. The third kappa shape index (κ3) is 5.69. The lowest BCUT2D eigenvalue weighted by Gasteiger charge is -2.16. The van der Waals surface area contributed by atoms with Crippen LogP contribution < -0.4 is 20.1 Å². The quantitative estimate of drug-likeness (QED) is 0.640. The van der Waals surface area contributed by atoms with Gasteiger partial charge in [0.15, 0.2) is 11.5 Å². The highest BCUT2D eigenvalue weighted by molar-refractivity contribution is 5.94. The van der Waals surface area contributed by atoms with Crippen LogP contribution in [-0.2, 0) is 4.74 Å². The molecule has 2 N–H and O–H groups in total. The normalized spacial score (nSPS) is 14.6. The Kier molecular flexibility index (Phi) is 7.85. The number of hydrogen-bond acceptors (Lipinski definition) is 5. The van der Waals surface area contributed by atoms with Crippen LogP contribution >= 0.6 is 0 Å². The molecule has 1 aliphatic rings. The van der Waals surface area contributed by atoms with Crippen LogP contribution in [0, 0.1) is 0 Å². The minimum Gasteiger partial charge on any atom is -0.493 e. The average molecular weight is 336 g/mol. The van der Waals surface area contributed by atoms with E-state index < -0.39 is 0 Å². The van der Waals surface area contributed by atoms with E-state index in [0.717, 1.165) is 19.4 Å². The van der Waals surface area contributed by atoms with Gasteiger partial charge in [0, 0.05) is 32.3 Å². The second-order valence-corrected chi connectivity index (χ2v) is 5.89. The van der Waals surface area contributed by atoms with Crippen molar-refractivity contribution in [2.45, 2.75) is 31.8 Å². The summed E-state index contributed by atoms with van der Waals surface area (Å²) in [5.41, 5.74) is 0.572. The highest BCUT2D eigenvalue weighted by atomic mass is 16.5. The molecule has 0 unspecified atom stereocenters. The maximum atomic E-state index is 12.2. The molecule has 1 aliphatic carbocycles. The number of methoxy groups -OCH3 is 2. The topological polar surface area (TPSA) is 68.8 Å². The SMILES string of the molecule is COCCNCCNC(=O)c1ccc(OC2CCCC2)c(OC)c1. The molecule has 1 amide bonds. The predicted molar refractivity (Wildman–Crippen MR) is 93.0 cm³/mol. The van der Waals surface area contributed by atoms with E-state index in [1.54, 1.807) is 26.4 Å². The van der Waals surface area contributed by atoms with Gasteiger partial charge in [-0.25, -0.2) is 0 Å². The third-order valence-electron chi connectivity index (χ3n) is 4.09. The summed E-state index contributed by atoms with van der Waals surface area (Å²) in [4.78, 5) is 12.2. The van der Waals surface area contributed by atoms with Crippen molar-refractivity contribution < 1.29 is 19.0 Å². The number of amides is 1. The van der Waals surface area contributed by atoms with Gasteiger partial charge in [-0.3, -0.25) is 4.79 Å². The van der Waals surface area contributed by atoms with E-state index >= 15 is 0 Å². The highest BCUT2D eigenvalue weighted by Gasteiger charge is 2.19. The highest BCUT2D eigenvalue weighted by Crippen LogP contribution is 2.32. The maximum absolute atomic E-state index is 12.2. The Labute approximate surface area is 143 Å². The molecule has 6 heteroatoms. The number of ether oxygens (including phenoxy) is 3. The molecular weight excluding hydrogens is 308 g/mol. The summed E-state index contributed by atoms with van der Waals surface area (Å²) in [7, 11) is 3.26. The first-order valence-electron chi connectivity index (χ1n) is 8.57. The number of carbonyl (C=O) groups is 1. The minimum absolute atomic E-state index is 0.116. The number of rotatable bonds is 10. The molecule has 0 heterocycles. The Hall–Kier alpha value is -1.79. The van der Waals surface area contributed by atoms with Crippen LogP contribution in [0.5, 0.6) is 11.5 Å². The Balaban J connectivity index is 1.84. The van der Waals surface area contributed by atoms with E-state index in [-0.39, 0.29) is 12.0 Å². The first-order chi connectivity index (χ1) is 11.7. The van der Waals surface area contributed by atoms with Crippen LogP contribution in [-0.4, -0.2) is 52.5 Å². The van der Waals surface area contributed by atoms with E-state index in [1.807, 2.05) is 6.07 Å². The number of nitrogens with one attached hydrogen (secondary N) is 2. The number of benzene rings is 1. The van der Waals surface area contributed by atoms with Gasteiger partial charge in [-0.05, 0) is 43.9 Å². The smallest absolute Gasteiger partial charge is 0.251 e. The van der Waals surface area contributed by atoms with E-state index in [2.05, 4.69) is 10.6 Å². The molecular formula is C18H28N2O4. The molecule has 0 atom stereocenters. The molecule has 2 rings (SSSR count). The van der Waals surface area contributed by atoms with E-state index in [1.165, 1.54) is 12.8 Å². The summed E-state index contributed by atoms with van der Waals surface area (Å²) >= 11 is 0. The lowest BCUT2D eigenvalue weighted by Crippen LogP contribution is -2.33. The standard InChI is InChI=1S/C18H28N2O4/c1-22-12-11-19-9-10-20-18(21)14-7-8-16(17(13-14)23-2)24-15-5-3-4-6-15/h7-8,13,15,19H,3-6,9-12H2,1-2H3,(H,20,21). The molecule has 6 nitrogen and oxygen atoms in total. The molecule has 0 radical (unpaired) electrons. The van der Waals surface area contributed by atoms with Crippen LogP contribution in [0.2, 0.25) is 0 Å². The average Bonchev–Trinajstić information content (AvgIpc) is 3.11. The minimum atomic E-state index is -0.116. The summed E-state index contributed by atoms with van der Waals surface area (Å²) in [5, 5.41) is 6.06. The molecule has 24 heavy (non-hydrogen) atoms. The van der Waals surface area contributed by atoms with E-state index in [0.29, 0.717) is 36.8 Å². The molecule has 0 aliphatic heterocycles. The van der Waals surface area contributed by atoms with Gasteiger partial charge in [-0.2, -0.15) is 0 Å². The van der Waals surface area contributed by atoms with E-state index in [9.17, 15) is 4.79 Å². The Morgan fingerprint density at radius 3 is 2.62 bits per heavy atom. The van der Waals surface area contributed by atoms with Crippen LogP contribution in [0.15, 0.2) is 18.2 Å². The molecule has 0 spiro atoms. The van der Waals surface area contributed by atoms with E-state index in [4.69, 9.17) is 14.2 Å². The van der Waals surface area contributed by atoms with Crippen molar-refractivity contribution in [1.82, 2.24) is 10.6 Å². The van der Waals surface area contributed by atoms with Crippen molar-refractivity contribution in [3.05, 3.63) is 23.8 Å².